The minimum Gasteiger partial charge on any atom is -0.494 e. The number of benzene rings is 2. The van der Waals surface area contributed by atoms with Crippen molar-refractivity contribution in [2.24, 2.45) is 7.05 Å². The number of anilines is 5. The predicted molar refractivity (Wildman–Crippen MR) is 165 cm³/mol. The smallest absolute Gasteiger partial charge is 0.229 e. The molecule has 1 aliphatic rings. The maximum Gasteiger partial charge on any atom is 0.229 e. The predicted octanol–water partition coefficient (Wildman–Crippen LogP) is 4.40. The minimum absolute atomic E-state index is 0.368. The fraction of sp³-hybridized carbons (Fsp3) is 0.276. The normalized spacial score (nSPS) is 13.8. The number of rotatable bonds is 8. The highest BCUT2D eigenvalue weighted by Gasteiger charge is 2.23. The molecule has 0 amide bonds. The molecule has 0 unspecified atom stereocenters. The second-order valence-electron chi connectivity index (χ2n) is 10.3. The first kappa shape index (κ1) is 27.6. The average Bonchev–Trinajstić information content (AvgIpc) is 3.43. The molecular weight excluding hydrogens is 553 g/mol. The number of hydrogen-bond acceptors (Lipinski definition) is 11. The first-order valence-electron chi connectivity index (χ1n) is 13.5. The molecule has 216 valence electrons. The lowest BCUT2D eigenvalue weighted by Gasteiger charge is -2.31. The van der Waals surface area contributed by atoms with Crippen LogP contribution in [-0.4, -0.2) is 76.5 Å². The highest BCUT2D eigenvalue weighted by Crippen LogP contribution is 2.42. The maximum atomic E-state index is 13.3. The zero-order valence-corrected chi connectivity index (χ0v) is 24.8. The highest BCUT2D eigenvalue weighted by atomic mass is 31.2. The largest absolute Gasteiger partial charge is 0.494 e. The van der Waals surface area contributed by atoms with E-state index in [2.05, 4.69) is 35.6 Å². The van der Waals surface area contributed by atoms with Crippen molar-refractivity contribution in [2.75, 3.05) is 62.3 Å². The molecule has 0 spiro atoms. The SMILES string of the molecule is COc1cc(N2CCOCC2)c(-c2cnn(C)c2)cc1Nc1nccc(Nc2ccc3nccnc3c2P(C)(C)=O)n1. The highest BCUT2D eigenvalue weighted by molar-refractivity contribution is 7.71. The first-order chi connectivity index (χ1) is 20.3. The van der Waals surface area contributed by atoms with Crippen molar-refractivity contribution in [2.45, 2.75) is 0 Å². The fourth-order valence-corrected chi connectivity index (χ4v) is 6.50. The average molecular weight is 586 g/mol. The molecule has 5 aromatic rings. The molecule has 0 saturated carbocycles. The number of hydrogen-bond donors (Lipinski definition) is 2. The Morgan fingerprint density at radius 2 is 1.79 bits per heavy atom. The summed E-state index contributed by atoms with van der Waals surface area (Å²) < 4.78 is 26.5. The van der Waals surface area contributed by atoms with Crippen LogP contribution in [0.15, 0.2) is 61.3 Å². The van der Waals surface area contributed by atoms with Gasteiger partial charge in [0, 0.05) is 67.8 Å². The zero-order valence-electron chi connectivity index (χ0n) is 23.9. The number of nitrogens with zero attached hydrogens (tertiary/aromatic N) is 7. The van der Waals surface area contributed by atoms with E-state index in [1.54, 1.807) is 49.8 Å². The van der Waals surface area contributed by atoms with Gasteiger partial charge < -0.3 is 29.6 Å². The van der Waals surface area contributed by atoms with Crippen molar-refractivity contribution in [1.82, 2.24) is 29.7 Å². The first-order valence-corrected chi connectivity index (χ1v) is 16.1. The molecule has 2 aromatic carbocycles. The van der Waals surface area contributed by atoms with E-state index in [0.717, 1.165) is 29.9 Å². The summed E-state index contributed by atoms with van der Waals surface area (Å²) in [4.78, 5) is 20.3. The molecule has 3 aromatic heterocycles. The number of nitrogens with one attached hydrogen (secondary N) is 2. The molecule has 1 saturated heterocycles. The van der Waals surface area contributed by atoms with Crippen LogP contribution in [0.1, 0.15) is 0 Å². The summed E-state index contributed by atoms with van der Waals surface area (Å²) in [6, 6.07) is 9.53. The van der Waals surface area contributed by atoms with Crippen LogP contribution < -0.4 is 25.6 Å². The summed E-state index contributed by atoms with van der Waals surface area (Å²) in [5, 5.41) is 11.7. The van der Waals surface area contributed by atoms with E-state index in [9.17, 15) is 4.57 Å². The van der Waals surface area contributed by atoms with Crippen LogP contribution >= 0.6 is 7.14 Å². The van der Waals surface area contributed by atoms with Gasteiger partial charge in [-0.25, -0.2) is 4.98 Å². The quantitative estimate of drug-likeness (QED) is 0.251. The van der Waals surface area contributed by atoms with E-state index < -0.39 is 7.14 Å². The molecule has 0 atom stereocenters. The van der Waals surface area contributed by atoms with Crippen LogP contribution in [0.5, 0.6) is 5.75 Å². The molecule has 13 heteroatoms. The summed E-state index contributed by atoms with van der Waals surface area (Å²) >= 11 is 0. The molecule has 12 nitrogen and oxygen atoms in total. The standard InChI is InChI=1S/C29H32N9O3P/c1-37-18-19(17-33-37)20-15-23(25(40-2)16-24(20)38-11-13-41-14-12-38)35-29-32-8-7-26(36-29)34-22-6-5-21-27(31-10-9-30-21)28(22)42(3,4)39/h5-10,15-18H,11-14H2,1-4H3,(H2,32,34,35,36). The van der Waals surface area contributed by atoms with Crippen LogP contribution in [0.3, 0.4) is 0 Å². The van der Waals surface area contributed by atoms with E-state index in [4.69, 9.17) is 14.5 Å². The lowest BCUT2D eigenvalue weighted by molar-refractivity contribution is 0.122. The van der Waals surface area contributed by atoms with Crippen LogP contribution in [-0.2, 0) is 16.3 Å². The lowest BCUT2D eigenvalue weighted by Crippen LogP contribution is -2.36. The molecule has 6 rings (SSSR count). The van der Waals surface area contributed by atoms with Crippen LogP contribution in [0.25, 0.3) is 22.2 Å². The third-order valence-electron chi connectivity index (χ3n) is 7.00. The Hall–Kier alpha value is -4.54. The number of aryl methyl sites for hydroxylation is 1. The monoisotopic (exact) mass is 585 g/mol. The Morgan fingerprint density at radius 1 is 0.976 bits per heavy atom. The minimum atomic E-state index is -2.72. The van der Waals surface area contributed by atoms with Gasteiger partial charge in [-0.15, -0.1) is 0 Å². The van der Waals surface area contributed by atoms with Gasteiger partial charge in [0.05, 0.1) is 48.7 Å². The van der Waals surface area contributed by atoms with Crippen LogP contribution in [0.2, 0.25) is 0 Å². The summed E-state index contributed by atoms with van der Waals surface area (Å²) in [5.74, 6) is 1.55. The molecule has 4 heterocycles. The van der Waals surface area contributed by atoms with E-state index >= 15 is 0 Å². The van der Waals surface area contributed by atoms with Gasteiger partial charge in [-0.3, -0.25) is 14.6 Å². The second kappa shape index (κ2) is 11.4. The van der Waals surface area contributed by atoms with E-state index in [1.165, 1.54) is 0 Å². The van der Waals surface area contributed by atoms with Gasteiger partial charge in [-0.1, -0.05) is 0 Å². The summed E-state index contributed by atoms with van der Waals surface area (Å²) in [6.45, 7) is 6.34. The molecule has 2 N–H and O–H groups in total. The molecular formula is C29H32N9O3P. The van der Waals surface area contributed by atoms with Crippen LogP contribution in [0.4, 0.5) is 28.8 Å². The van der Waals surface area contributed by atoms with Crippen molar-refractivity contribution >= 4 is 52.3 Å². The Balaban J connectivity index is 1.35. The molecule has 0 bridgehead atoms. The molecule has 42 heavy (non-hydrogen) atoms. The Kier molecular flexibility index (Phi) is 7.49. The van der Waals surface area contributed by atoms with Crippen molar-refractivity contribution in [3.05, 3.63) is 61.3 Å². The molecule has 0 radical (unpaired) electrons. The van der Waals surface area contributed by atoms with E-state index in [-0.39, 0.29) is 0 Å². The summed E-state index contributed by atoms with van der Waals surface area (Å²) in [5.41, 5.74) is 5.69. The van der Waals surface area contributed by atoms with Gasteiger partial charge in [0.1, 0.15) is 24.2 Å². The van der Waals surface area contributed by atoms with Crippen molar-refractivity contribution < 1.29 is 14.0 Å². The van der Waals surface area contributed by atoms with Crippen molar-refractivity contribution in [3.63, 3.8) is 0 Å². The van der Waals surface area contributed by atoms with Gasteiger partial charge in [-0.05, 0) is 37.6 Å². The number of ether oxygens (including phenoxy) is 2. The topological polar surface area (TPSA) is 132 Å². The Bertz CT molecular complexity index is 1800. The fourth-order valence-electron chi connectivity index (χ4n) is 5.11. The molecule has 0 aliphatic carbocycles. The van der Waals surface area contributed by atoms with Crippen molar-refractivity contribution in [3.8, 4) is 16.9 Å². The van der Waals surface area contributed by atoms with E-state index in [1.807, 2.05) is 43.7 Å². The third-order valence-corrected chi connectivity index (χ3v) is 8.53. The number of methoxy groups -OCH3 is 1. The molecule has 1 aliphatic heterocycles. The second-order valence-corrected chi connectivity index (χ2v) is 13.5. The Morgan fingerprint density at radius 3 is 2.52 bits per heavy atom. The third kappa shape index (κ3) is 5.63. The summed E-state index contributed by atoms with van der Waals surface area (Å²) in [7, 11) is 0.818. The number of fused-ring (bicyclic) bond motifs is 1. The van der Waals surface area contributed by atoms with Crippen molar-refractivity contribution in [1.29, 1.82) is 0 Å². The van der Waals surface area contributed by atoms with Gasteiger partial charge >= 0.3 is 0 Å². The maximum absolute atomic E-state index is 13.3. The van der Waals surface area contributed by atoms with Crippen LogP contribution in [0, 0.1) is 0 Å². The van der Waals surface area contributed by atoms with Gasteiger partial charge in [-0.2, -0.15) is 10.1 Å². The van der Waals surface area contributed by atoms with Gasteiger partial charge in [0.15, 0.2) is 0 Å². The lowest BCUT2D eigenvalue weighted by atomic mass is 10.0. The number of aromatic nitrogens is 6. The Labute approximate surface area is 243 Å². The summed E-state index contributed by atoms with van der Waals surface area (Å²) in [6.07, 6.45) is 8.73. The van der Waals surface area contributed by atoms with E-state index in [0.29, 0.717) is 58.4 Å². The van der Waals surface area contributed by atoms with Gasteiger partial charge in [0.2, 0.25) is 5.95 Å². The molecule has 1 fully saturated rings. The zero-order chi connectivity index (χ0) is 29.3. The number of morpholine rings is 1. The van der Waals surface area contributed by atoms with Gasteiger partial charge in [0.25, 0.3) is 0 Å².